The van der Waals surface area contributed by atoms with Gasteiger partial charge in [0, 0.05) is 29.1 Å². The first-order valence-electron chi connectivity index (χ1n) is 8.69. The van der Waals surface area contributed by atoms with Crippen LogP contribution in [0.1, 0.15) is 31.2 Å². The number of benzene rings is 1. The molecule has 1 saturated heterocycles. The largest absolute Gasteiger partial charge is 0.392 e. The van der Waals surface area contributed by atoms with Gasteiger partial charge in [0.2, 0.25) is 0 Å². The fourth-order valence-electron chi connectivity index (χ4n) is 7.03. The molecule has 1 aromatic carbocycles. The molecule has 5 atom stereocenters. The third kappa shape index (κ3) is 0.993. The molecule has 5 unspecified atom stereocenters. The van der Waals surface area contributed by atoms with Crippen molar-refractivity contribution in [3.63, 3.8) is 0 Å². The molecular weight excluding hydrogens is 272 g/mol. The summed E-state index contributed by atoms with van der Waals surface area (Å²) in [6.07, 6.45) is 8.93. The number of fused-ring (bicyclic) bond motifs is 3. The second-order valence-corrected chi connectivity index (χ2v) is 8.11. The predicted molar refractivity (Wildman–Crippen MR) is 85.9 cm³/mol. The maximum absolute atomic E-state index is 11.0. The van der Waals surface area contributed by atoms with Crippen molar-refractivity contribution in [1.29, 1.82) is 0 Å². The smallest absolute Gasteiger partial charge is 0.0668 e. The maximum Gasteiger partial charge on any atom is 0.0668 e. The summed E-state index contributed by atoms with van der Waals surface area (Å²) in [5.74, 6) is 0. The van der Waals surface area contributed by atoms with Crippen LogP contribution in [0, 0.1) is 5.41 Å². The lowest BCUT2D eigenvalue weighted by Crippen LogP contribution is -2.76. The van der Waals surface area contributed by atoms with Crippen LogP contribution in [0.25, 0.3) is 0 Å². The maximum atomic E-state index is 11.0. The zero-order chi connectivity index (χ0) is 14.6. The van der Waals surface area contributed by atoms with Gasteiger partial charge in [0.05, 0.1) is 11.6 Å². The lowest BCUT2D eigenvalue weighted by Gasteiger charge is -2.67. The highest BCUT2D eigenvalue weighted by Crippen LogP contribution is 2.71. The quantitative estimate of drug-likeness (QED) is 0.721. The van der Waals surface area contributed by atoms with E-state index in [1.165, 1.54) is 30.6 Å². The summed E-state index contributed by atoms with van der Waals surface area (Å²) in [6, 6.07) is 9.40. The minimum atomic E-state index is -0.210. The van der Waals surface area contributed by atoms with Crippen molar-refractivity contribution in [3.05, 3.63) is 42.0 Å². The van der Waals surface area contributed by atoms with Gasteiger partial charge >= 0.3 is 0 Å². The number of hydrogen-bond acceptors (Lipinski definition) is 3. The Labute approximate surface area is 131 Å². The number of nitrogens with zero attached hydrogens (tertiary/aromatic N) is 1. The molecule has 0 amide bonds. The van der Waals surface area contributed by atoms with Crippen LogP contribution in [0.2, 0.25) is 0 Å². The third-order valence-electron chi connectivity index (χ3n) is 7.69. The molecule has 0 aromatic heterocycles. The molecule has 2 bridgehead atoms. The van der Waals surface area contributed by atoms with Crippen LogP contribution in [0.3, 0.4) is 0 Å². The molecule has 3 saturated carbocycles. The number of rotatable bonds is 0. The Morgan fingerprint density at radius 3 is 3.00 bits per heavy atom. The molecule has 7 rings (SSSR count). The van der Waals surface area contributed by atoms with Gasteiger partial charge in [-0.2, -0.15) is 0 Å². The van der Waals surface area contributed by atoms with E-state index in [0.29, 0.717) is 6.04 Å². The van der Waals surface area contributed by atoms with Crippen LogP contribution in [0.5, 0.6) is 0 Å². The van der Waals surface area contributed by atoms with Crippen molar-refractivity contribution in [2.75, 3.05) is 18.4 Å². The van der Waals surface area contributed by atoms with E-state index in [2.05, 4.69) is 46.6 Å². The third-order valence-corrected chi connectivity index (χ3v) is 7.69. The van der Waals surface area contributed by atoms with Crippen molar-refractivity contribution in [2.24, 2.45) is 5.41 Å². The Kier molecular flexibility index (Phi) is 1.90. The summed E-state index contributed by atoms with van der Waals surface area (Å²) in [5.41, 5.74) is 3.10. The SMILES string of the molecule is OC1CC23CCC14C=CCN1CCC2(c2ccccc2N3)C14. The van der Waals surface area contributed by atoms with Gasteiger partial charge in [-0.25, -0.2) is 0 Å². The standard InChI is InChI=1S/C19H22N2O/c22-15-12-18-8-7-17(15)6-3-10-21-11-9-19(18,16(17)21)13-4-1-2-5-14(13)20-18/h1-6,15-16,20,22H,7-12H2. The highest BCUT2D eigenvalue weighted by molar-refractivity contribution is 5.68. The van der Waals surface area contributed by atoms with Gasteiger partial charge in [0.25, 0.3) is 0 Å². The average Bonchev–Trinajstić information content (AvgIpc) is 3.06. The van der Waals surface area contributed by atoms with E-state index < -0.39 is 0 Å². The van der Waals surface area contributed by atoms with E-state index in [9.17, 15) is 5.11 Å². The minimum Gasteiger partial charge on any atom is -0.392 e. The fourth-order valence-corrected chi connectivity index (χ4v) is 7.03. The van der Waals surface area contributed by atoms with Crippen molar-refractivity contribution < 1.29 is 5.11 Å². The second-order valence-electron chi connectivity index (χ2n) is 8.11. The van der Waals surface area contributed by atoms with Gasteiger partial charge in [-0.1, -0.05) is 30.4 Å². The van der Waals surface area contributed by atoms with Crippen molar-refractivity contribution in [3.8, 4) is 0 Å². The van der Waals surface area contributed by atoms with Crippen LogP contribution in [-0.2, 0) is 5.41 Å². The molecule has 3 nitrogen and oxygen atoms in total. The first-order valence-corrected chi connectivity index (χ1v) is 8.69. The number of para-hydroxylation sites is 1. The first-order chi connectivity index (χ1) is 10.7. The molecule has 22 heavy (non-hydrogen) atoms. The van der Waals surface area contributed by atoms with E-state index in [4.69, 9.17) is 0 Å². The lowest BCUT2D eigenvalue weighted by atomic mass is 9.42. The number of nitrogens with one attached hydrogen (secondary N) is 1. The van der Waals surface area contributed by atoms with Crippen LogP contribution < -0.4 is 5.32 Å². The summed E-state index contributed by atoms with van der Waals surface area (Å²) in [6.45, 7) is 2.22. The van der Waals surface area contributed by atoms with Crippen molar-refractivity contribution in [1.82, 2.24) is 4.90 Å². The summed E-state index contributed by atoms with van der Waals surface area (Å²) in [5, 5.41) is 15.0. The van der Waals surface area contributed by atoms with Gasteiger partial charge < -0.3 is 10.4 Å². The molecule has 3 heteroatoms. The van der Waals surface area contributed by atoms with Crippen molar-refractivity contribution in [2.45, 2.75) is 48.8 Å². The first kappa shape index (κ1) is 12.1. The number of aliphatic hydroxyl groups excluding tert-OH is 1. The van der Waals surface area contributed by atoms with Crippen LogP contribution in [0.15, 0.2) is 36.4 Å². The number of anilines is 1. The summed E-state index contributed by atoms with van der Waals surface area (Å²) in [4.78, 5) is 2.65. The minimum absolute atomic E-state index is 0.0182. The molecule has 4 fully saturated rings. The highest BCUT2D eigenvalue weighted by atomic mass is 16.3. The molecule has 3 spiro atoms. The highest BCUT2D eigenvalue weighted by Gasteiger charge is 2.76. The molecule has 2 N–H and O–H groups in total. The number of aliphatic hydroxyl groups is 1. The molecule has 3 aliphatic heterocycles. The fraction of sp³-hybridized carbons (Fsp3) is 0.579. The Bertz CT molecular complexity index is 715. The summed E-state index contributed by atoms with van der Waals surface area (Å²) < 4.78 is 0. The topological polar surface area (TPSA) is 35.5 Å². The van der Waals surface area contributed by atoms with E-state index in [1.807, 2.05) is 0 Å². The van der Waals surface area contributed by atoms with E-state index in [-0.39, 0.29) is 22.5 Å². The monoisotopic (exact) mass is 294 g/mol. The molecule has 114 valence electrons. The second kappa shape index (κ2) is 3.44. The Morgan fingerprint density at radius 1 is 1.18 bits per heavy atom. The Morgan fingerprint density at radius 2 is 2.09 bits per heavy atom. The van der Waals surface area contributed by atoms with Gasteiger partial charge in [0.1, 0.15) is 0 Å². The number of hydrogen-bond donors (Lipinski definition) is 2. The van der Waals surface area contributed by atoms with Gasteiger partial charge in [-0.15, -0.1) is 0 Å². The van der Waals surface area contributed by atoms with Gasteiger partial charge in [0.15, 0.2) is 0 Å². The summed E-state index contributed by atoms with van der Waals surface area (Å²) >= 11 is 0. The zero-order valence-corrected chi connectivity index (χ0v) is 12.8. The van der Waals surface area contributed by atoms with E-state index in [1.54, 1.807) is 0 Å². The van der Waals surface area contributed by atoms with E-state index >= 15 is 0 Å². The molecule has 1 aromatic rings. The molecule has 0 radical (unpaired) electrons. The predicted octanol–water partition coefficient (Wildman–Crippen LogP) is 2.28. The lowest BCUT2D eigenvalue weighted by molar-refractivity contribution is -0.131. The van der Waals surface area contributed by atoms with Gasteiger partial charge in [-0.3, -0.25) is 4.90 Å². The molecule has 3 aliphatic carbocycles. The van der Waals surface area contributed by atoms with E-state index in [0.717, 1.165) is 19.4 Å². The van der Waals surface area contributed by atoms with Crippen LogP contribution in [-0.4, -0.2) is 40.8 Å². The van der Waals surface area contributed by atoms with Crippen LogP contribution >= 0.6 is 0 Å². The Balaban J connectivity index is 1.70. The molecular formula is C19H22N2O. The van der Waals surface area contributed by atoms with Crippen LogP contribution in [0.4, 0.5) is 5.69 Å². The molecule has 6 aliphatic rings. The van der Waals surface area contributed by atoms with Gasteiger partial charge in [-0.05, 0) is 43.9 Å². The zero-order valence-electron chi connectivity index (χ0n) is 12.8. The normalized spacial score (nSPS) is 50.4. The summed E-state index contributed by atoms with van der Waals surface area (Å²) in [7, 11) is 0. The average molecular weight is 294 g/mol. The van der Waals surface area contributed by atoms with Crippen molar-refractivity contribution >= 4 is 5.69 Å². The Hall–Kier alpha value is -1.32. The molecule has 3 heterocycles.